The Hall–Kier alpha value is -1.39. The summed E-state index contributed by atoms with van der Waals surface area (Å²) >= 11 is 0. The fourth-order valence-electron chi connectivity index (χ4n) is 1.83. The Morgan fingerprint density at radius 2 is 2.19 bits per heavy atom. The molecule has 4 nitrogen and oxygen atoms in total. The zero-order valence-electron chi connectivity index (χ0n) is 9.77. The molecule has 1 unspecified atom stereocenters. The summed E-state index contributed by atoms with van der Waals surface area (Å²) in [6.45, 7) is 1.92. The first-order valence-corrected chi connectivity index (χ1v) is 5.26. The SMILES string of the molecule is Cc1nc2cc(C(CO)N(C)C)ccc2o1. The first-order chi connectivity index (χ1) is 7.61. The predicted octanol–water partition coefficient (Wildman–Crippen LogP) is 1.73. The Labute approximate surface area is 94.5 Å². The smallest absolute Gasteiger partial charge is 0.192 e. The lowest BCUT2D eigenvalue weighted by atomic mass is 10.1. The van der Waals surface area contributed by atoms with Gasteiger partial charge < -0.3 is 14.4 Å². The number of benzene rings is 1. The molecule has 1 N–H and O–H groups in total. The molecule has 0 saturated carbocycles. The molecule has 0 spiro atoms. The van der Waals surface area contributed by atoms with Crippen LogP contribution in [0, 0.1) is 6.92 Å². The molecule has 4 heteroatoms. The summed E-state index contributed by atoms with van der Waals surface area (Å²) in [5.74, 6) is 0.664. The normalized spacial score (nSPS) is 13.6. The molecular formula is C12H16N2O2. The summed E-state index contributed by atoms with van der Waals surface area (Å²) in [6, 6.07) is 5.83. The second-order valence-corrected chi connectivity index (χ2v) is 4.12. The van der Waals surface area contributed by atoms with Crippen LogP contribution in [0.5, 0.6) is 0 Å². The molecule has 0 amide bonds. The number of oxazole rings is 1. The summed E-state index contributed by atoms with van der Waals surface area (Å²) in [6.07, 6.45) is 0. The van der Waals surface area contributed by atoms with Crippen molar-refractivity contribution in [3.63, 3.8) is 0 Å². The summed E-state index contributed by atoms with van der Waals surface area (Å²) < 4.78 is 5.41. The highest BCUT2D eigenvalue weighted by molar-refractivity contribution is 5.73. The number of nitrogens with zero attached hydrogens (tertiary/aromatic N) is 2. The minimum atomic E-state index is 0.00130. The van der Waals surface area contributed by atoms with Gasteiger partial charge in [0, 0.05) is 6.92 Å². The summed E-state index contributed by atoms with van der Waals surface area (Å²) in [5, 5.41) is 9.34. The van der Waals surface area contributed by atoms with Crippen LogP contribution in [0.3, 0.4) is 0 Å². The van der Waals surface area contributed by atoms with Gasteiger partial charge in [-0.25, -0.2) is 4.98 Å². The maximum Gasteiger partial charge on any atom is 0.192 e. The maximum absolute atomic E-state index is 9.34. The van der Waals surface area contributed by atoms with Crippen LogP contribution in [-0.4, -0.2) is 35.7 Å². The van der Waals surface area contributed by atoms with Gasteiger partial charge in [0.05, 0.1) is 12.6 Å². The molecule has 86 valence electrons. The minimum absolute atomic E-state index is 0.00130. The Balaban J connectivity index is 2.44. The van der Waals surface area contributed by atoms with E-state index in [0.29, 0.717) is 5.89 Å². The summed E-state index contributed by atoms with van der Waals surface area (Å²) in [5.41, 5.74) is 2.68. The van der Waals surface area contributed by atoms with Gasteiger partial charge in [-0.1, -0.05) is 6.07 Å². The van der Waals surface area contributed by atoms with Gasteiger partial charge in [-0.15, -0.1) is 0 Å². The number of aliphatic hydroxyl groups excluding tert-OH is 1. The van der Waals surface area contributed by atoms with Crippen molar-refractivity contribution in [3.8, 4) is 0 Å². The average Bonchev–Trinajstić information content (AvgIpc) is 2.57. The number of aryl methyl sites for hydroxylation is 1. The van der Waals surface area contributed by atoms with E-state index in [4.69, 9.17) is 4.42 Å². The van der Waals surface area contributed by atoms with E-state index in [1.165, 1.54) is 0 Å². The van der Waals surface area contributed by atoms with Crippen molar-refractivity contribution in [2.24, 2.45) is 0 Å². The number of aliphatic hydroxyl groups is 1. The van der Waals surface area contributed by atoms with E-state index in [2.05, 4.69) is 4.98 Å². The molecule has 1 aromatic heterocycles. The fraction of sp³-hybridized carbons (Fsp3) is 0.417. The number of likely N-dealkylation sites (N-methyl/N-ethyl adjacent to an activating group) is 1. The van der Waals surface area contributed by atoms with Gasteiger partial charge in [0.25, 0.3) is 0 Å². The molecule has 16 heavy (non-hydrogen) atoms. The van der Waals surface area contributed by atoms with E-state index in [9.17, 15) is 5.11 Å². The largest absolute Gasteiger partial charge is 0.441 e. The molecule has 1 aromatic carbocycles. The third-order valence-corrected chi connectivity index (χ3v) is 2.70. The fourth-order valence-corrected chi connectivity index (χ4v) is 1.83. The Bertz CT molecular complexity index is 491. The summed E-state index contributed by atoms with van der Waals surface area (Å²) in [4.78, 5) is 6.26. The van der Waals surface area contributed by atoms with Gasteiger partial charge >= 0.3 is 0 Å². The van der Waals surface area contributed by atoms with E-state index in [1.807, 2.05) is 44.1 Å². The zero-order chi connectivity index (χ0) is 11.7. The van der Waals surface area contributed by atoms with Crippen molar-refractivity contribution in [3.05, 3.63) is 29.7 Å². The second-order valence-electron chi connectivity index (χ2n) is 4.12. The molecule has 1 heterocycles. The molecule has 0 bridgehead atoms. The predicted molar refractivity (Wildman–Crippen MR) is 62.3 cm³/mol. The lowest BCUT2D eigenvalue weighted by molar-refractivity contribution is 0.171. The standard InChI is InChI=1S/C12H16N2O2/c1-8-13-10-6-9(4-5-12(10)16-8)11(7-15)14(2)3/h4-6,11,15H,7H2,1-3H3. The van der Waals surface area contributed by atoms with Crippen LogP contribution in [0.2, 0.25) is 0 Å². The number of hydrogen-bond donors (Lipinski definition) is 1. The van der Waals surface area contributed by atoms with Gasteiger partial charge in [-0.05, 0) is 31.8 Å². The van der Waals surface area contributed by atoms with Crippen LogP contribution >= 0.6 is 0 Å². The lowest BCUT2D eigenvalue weighted by Crippen LogP contribution is -2.22. The molecule has 0 radical (unpaired) electrons. The molecule has 0 saturated heterocycles. The number of rotatable bonds is 3. The third kappa shape index (κ3) is 1.94. The molecule has 0 fully saturated rings. The topological polar surface area (TPSA) is 49.5 Å². The second kappa shape index (κ2) is 4.23. The molecule has 0 aliphatic heterocycles. The van der Waals surface area contributed by atoms with Crippen molar-refractivity contribution >= 4 is 11.1 Å². The van der Waals surface area contributed by atoms with Gasteiger partial charge in [0.2, 0.25) is 0 Å². The van der Waals surface area contributed by atoms with Gasteiger partial charge in [0.1, 0.15) is 5.52 Å². The Kier molecular flexibility index (Phi) is 2.94. The van der Waals surface area contributed by atoms with Crippen LogP contribution in [-0.2, 0) is 0 Å². The first-order valence-electron chi connectivity index (χ1n) is 5.26. The van der Waals surface area contributed by atoms with Crippen LogP contribution < -0.4 is 0 Å². The third-order valence-electron chi connectivity index (χ3n) is 2.70. The van der Waals surface area contributed by atoms with Crippen molar-refractivity contribution in [1.82, 2.24) is 9.88 Å². The van der Waals surface area contributed by atoms with Crippen LogP contribution in [0.15, 0.2) is 22.6 Å². The molecule has 1 atom stereocenters. The van der Waals surface area contributed by atoms with Crippen LogP contribution in [0.1, 0.15) is 17.5 Å². The number of hydrogen-bond acceptors (Lipinski definition) is 4. The first kappa shape index (κ1) is 11.1. The molecule has 2 aromatic rings. The van der Waals surface area contributed by atoms with Gasteiger partial charge in [0.15, 0.2) is 11.5 Å². The Morgan fingerprint density at radius 3 is 2.81 bits per heavy atom. The minimum Gasteiger partial charge on any atom is -0.441 e. The highest BCUT2D eigenvalue weighted by Gasteiger charge is 2.14. The molecule has 0 aliphatic carbocycles. The highest BCUT2D eigenvalue weighted by atomic mass is 16.3. The molecule has 0 aliphatic rings. The Morgan fingerprint density at radius 1 is 1.44 bits per heavy atom. The van der Waals surface area contributed by atoms with Crippen molar-refractivity contribution < 1.29 is 9.52 Å². The number of aromatic nitrogens is 1. The quantitative estimate of drug-likeness (QED) is 0.855. The lowest BCUT2D eigenvalue weighted by Gasteiger charge is -2.22. The van der Waals surface area contributed by atoms with Crippen molar-refractivity contribution in [2.75, 3.05) is 20.7 Å². The molecular weight excluding hydrogens is 204 g/mol. The summed E-state index contributed by atoms with van der Waals surface area (Å²) in [7, 11) is 3.89. The van der Waals surface area contributed by atoms with Crippen LogP contribution in [0.4, 0.5) is 0 Å². The monoisotopic (exact) mass is 220 g/mol. The average molecular weight is 220 g/mol. The maximum atomic E-state index is 9.34. The van der Waals surface area contributed by atoms with E-state index in [-0.39, 0.29) is 12.6 Å². The van der Waals surface area contributed by atoms with E-state index >= 15 is 0 Å². The van der Waals surface area contributed by atoms with Gasteiger partial charge in [-0.3, -0.25) is 0 Å². The van der Waals surface area contributed by atoms with Crippen LogP contribution in [0.25, 0.3) is 11.1 Å². The van der Waals surface area contributed by atoms with Gasteiger partial charge in [-0.2, -0.15) is 0 Å². The zero-order valence-corrected chi connectivity index (χ0v) is 9.77. The van der Waals surface area contributed by atoms with E-state index < -0.39 is 0 Å². The highest BCUT2D eigenvalue weighted by Crippen LogP contribution is 2.23. The molecule has 2 rings (SSSR count). The van der Waals surface area contributed by atoms with E-state index in [0.717, 1.165) is 16.7 Å². The van der Waals surface area contributed by atoms with E-state index in [1.54, 1.807) is 0 Å². The van der Waals surface area contributed by atoms with Crippen molar-refractivity contribution in [1.29, 1.82) is 0 Å². The van der Waals surface area contributed by atoms with Crippen molar-refractivity contribution in [2.45, 2.75) is 13.0 Å². The number of fused-ring (bicyclic) bond motifs is 1.